The second kappa shape index (κ2) is 11.3. The second-order valence-corrected chi connectivity index (χ2v) is 7.37. The largest absolute Gasteiger partial charge is 0.379 e. The third-order valence-electron chi connectivity index (χ3n) is 3.96. The highest BCUT2D eigenvalue weighted by molar-refractivity contribution is 14.0. The predicted molar refractivity (Wildman–Crippen MR) is 112 cm³/mol. The quantitative estimate of drug-likeness (QED) is 0.267. The topological polar surface area (TPSA) is 54.9 Å². The number of thiophene rings is 1. The van der Waals surface area contributed by atoms with Crippen LogP contribution in [-0.4, -0.2) is 52.0 Å². The van der Waals surface area contributed by atoms with Gasteiger partial charge in [-0.2, -0.15) is 0 Å². The van der Waals surface area contributed by atoms with E-state index in [1.54, 1.807) is 18.4 Å². The molecule has 2 N–H and O–H groups in total. The van der Waals surface area contributed by atoms with Crippen molar-refractivity contribution in [1.29, 1.82) is 0 Å². The van der Waals surface area contributed by atoms with E-state index >= 15 is 0 Å². The molecule has 1 saturated heterocycles. The van der Waals surface area contributed by atoms with Gasteiger partial charge in [-0.25, -0.2) is 0 Å². The zero-order chi connectivity index (χ0) is 16.5. The summed E-state index contributed by atoms with van der Waals surface area (Å²) in [5.74, 6) is 0.846. The predicted octanol–water partition coefficient (Wildman–Crippen LogP) is 3.00. The first-order chi connectivity index (χ1) is 11.1. The molecule has 1 aromatic heterocycles. The van der Waals surface area contributed by atoms with Crippen molar-refractivity contribution in [1.82, 2.24) is 10.6 Å². The minimum Gasteiger partial charge on any atom is -0.379 e. The van der Waals surface area contributed by atoms with E-state index in [0.29, 0.717) is 6.10 Å². The van der Waals surface area contributed by atoms with Gasteiger partial charge in [-0.05, 0) is 24.3 Å². The molecule has 0 bridgehead atoms. The molecule has 0 aromatic carbocycles. The molecule has 1 unspecified atom stereocenters. The van der Waals surface area contributed by atoms with E-state index in [-0.39, 0.29) is 29.4 Å². The van der Waals surface area contributed by atoms with Crippen LogP contribution in [0.4, 0.5) is 0 Å². The lowest BCUT2D eigenvalue weighted by atomic mass is 9.91. The Balaban J connectivity index is 0.00000288. The van der Waals surface area contributed by atoms with Crippen LogP contribution in [0.3, 0.4) is 0 Å². The molecule has 1 aliphatic heterocycles. The Hall–Kier alpha value is -0.380. The van der Waals surface area contributed by atoms with Crippen LogP contribution in [0.1, 0.15) is 31.6 Å². The Labute approximate surface area is 166 Å². The molecular weight excluding hydrogens is 437 g/mol. The number of hydrogen-bond donors (Lipinski definition) is 2. The number of rotatable bonds is 8. The van der Waals surface area contributed by atoms with Gasteiger partial charge in [-0.3, -0.25) is 4.99 Å². The lowest BCUT2D eigenvalue weighted by Crippen LogP contribution is -2.43. The molecule has 0 amide bonds. The Morgan fingerprint density at radius 2 is 2.29 bits per heavy atom. The van der Waals surface area contributed by atoms with Crippen molar-refractivity contribution in [2.24, 2.45) is 4.99 Å². The molecule has 1 atom stereocenters. The maximum atomic E-state index is 5.76. The van der Waals surface area contributed by atoms with Crippen LogP contribution in [0.25, 0.3) is 0 Å². The number of aliphatic imine (C=N–C) groups is 1. The Kier molecular flexibility index (Phi) is 10.2. The summed E-state index contributed by atoms with van der Waals surface area (Å²) in [6.45, 7) is 8.54. The first-order valence-electron chi connectivity index (χ1n) is 8.29. The third kappa shape index (κ3) is 7.25. The number of halogens is 1. The van der Waals surface area contributed by atoms with Gasteiger partial charge in [0.25, 0.3) is 0 Å². The van der Waals surface area contributed by atoms with E-state index in [9.17, 15) is 0 Å². The van der Waals surface area contributed by atoms with Gasteiger partial charge in [0, 0.05) is 43.6 Å². The highest BCUT2D eigenvalue weighted by Gasteiger charge is 2.21. The normalized spacial score (nSPS) is 18.3. The smallest absolute Gasteiger partial charge is 0.191 e. The van der Waals surface area contributed by atoms with Gasteiger partial charge in [-0.1, -0.05) is 19.9 Å². The fraction of sp³-hybridized carbons (Fsp3) is 0.706. The summed E-state index contributed by atoms with van der Waals surface area (Å²) in [6.07, 6.45) is 2.28. The van der Waals surface area contributed by atoms with Gasteiger partial charge in [0.05, 0.1) is 12.7 Å². The standard InChI is InChI=1S/C17H29N3O2S.HI/c1-17(2,15-6-4-11-23-15)13-20-16(18-3)19-8-5-9-22-14-7-10-21-12-14;/h4,6,11,14H,5,7-10,12-13H2,1-3H3,(H2,18,19,20);1H. The highest BCUT2D eigenvalue weighted by Crippen LogP contribution is 2.26. The van der Waals surface area contributed by atoms with Crippen LogP contribution >= 0.6 is 35.3 Å². The molecule has 1 fully saturated rings. The molecule has 7 heteroatoms. The molecule has 0 aliphatic carbocycles. The zero-order valence-electron chi connectivity index (χ0n) is 14.8. The first kappa shape index (κ1) is 21.7. The van der Waals surface area contributed by atoms with E-state index in [4.69, 9.17) is 9.47 Å². The molecule has 1 aliphatic rings. The number of hydrogen-bond acceptors (Lipinski definition) is 4. The molecule has 0 radical (unpaired) electrons. The highest BCUT2D eigenvalue weighted by atomic mass is 127. The first-order valence-corrected chi connectivity index (χ1v) is 9.17. The van der Waals surface area contributed by atoms with E-state index in [0.717, 1.165) is 51.7 Å². The minimum absolute atomic E-state index is 0. The Morgan fingerprint density at radius 1 is 1.46 bits per heavy atom. The molecule has 0 saturated carbocycles. The van der Waals surface area contributed by atoms with Gasteiger partial charge < -0.3 is 20.1 Å². The average molecular weight is 467 g/mol. The lowest BCUT2D eigenvalue weighted by molar-refractivity contribution is 0.0420. The molecule has 2 rings (SSSR count). The van der Waals surface area contributed by atoms with Crippen LogP contribution in [0, 0.1) is 0 Å². The van der Waals surface area contributed by atoms with Crippen molar-refractivity contribution in [2.75, 3.05) is 40.0 Å². The van der Waals surface area contributed by atoms with Crippen LogP contribution in [0.15, 0.2) is 22.5 Å². The van der Waals surface area contributed by atoms with E-state index in [1.807, 2.05) is 0 Å². The van der Waals surface area contributed by atoms with Crippen LogP contribution in [-0.2, 0) is 14.9 Å². The van der Waals surface area contributed by atoms with Gasteiger partial charge >= 0.3 is 0 Å². The van der Waals surface area contributed by atoms with Crippen molar-refractivity contribution < 1.29 is 9.47 Å². The summed E-state index contributed by atoms with van der Waals surface area (Å²) in [5.41, 5.74) is 0.0946. The van der Waals surface area contributed by atoms with Crippen LogP contribution in [0.5, 0.6) is 0 Å². The van der Waals surface area contributed by atoms with Gasteiger partial charge in [0.15, 0.2) is 5.96 Å². The maximum Gasteiger partial charge on any atom is 0.191 e. The van der Waals surface area contributed by atoms with Gasteiger partial charge in [0.2, 0.25) is 0 Å². The summed E-state index contributed by atoms with van der Waals surface area (Å²) in [7, 11) is 1.81. The third-order valence-corrected chi connectivity index (χ3v) is 5.20. The number of nitrogens with zero attached hydrogens (tertiary/aromatic N) is 1. The van der Waals surface area contributed by atoms with Crippen molar-refractivity contribution in [3.8, 4) is 0 Å². The summed E-state index contributed by atoms with van der Waals surface area (Å²) < 4.78 is 11.1. The molecule has 24 heavy (non-hydrogen) atoms. The van der Waals surface area contributed by atoms with Crippen molar-refractivity contribution >= 4 is 41.3 Å². The van der Waals surface area contributed by atoms with Crippen LogP contribution < -0.4 is 10.6 Å². The molecule has 138 valence electrons. The molecule has 1 aromatic rings. The molecule has 0 spiro atoms. The van der Waals surface area contributed by atoms with Crippen LogP contribution in [0.2, 0.25) is 0 Å². The number of guanidine groups is 1. The SMILES string of the molecule is CN=C(NCCCOC1CCOC1)NCC(C)(C)c1cccs1.I. The van der Waals surface area contributed by atoms with E-state index in [2.05, 4.69) is 47.0 Å². The molecule has 5 nitrogen and oxygen atoms in total. The lowest BCUT2D eigenvalue weighted by Gasteiger charge is -2.25. The molecular formula is C17H30IN3O2S. The summed E-state index contributed by atoms with van der Waals surface area (Å²) in [5, 5.41) is 8.88. The maximum absolute atomic E-state index is 5.76. The average Bonchev–Trinajstić information content (AvgIpc) is 3.23. The number of ether oxygens (including phenoxy) is 2. The van der Waals surface area contributed by atoms with Gasteiger partial charge in [0.1, 0.15) is 0 Å². The Bertz CT molecular complexity index is 474. The number of nitrogens with one attached hydrogen (secondary N) is 2. The van der Waals surface area contributed by atoms with Crippen molar-refractivity contribution in [3.05, 3.63) is 22.4 Å². The Morgan fingerprint density at radius 3 is 2.92 bits per heavy atom. The minimum atomic E-state index is 0. The summed E-state index contributed by atoms with van der Waals surface area (Å²) in [6, 6.07) is 4.29. The second-order valence-electron chi connectivity index (χ2n) is 6.42. The fourth-order valence-electron chi connectivity index (χ4n) is 2.45. The van der Waals surface area contributed by atoms with E-state index < -0.39 is 0 Å². The van der Waals surface area contributed by atoms with Crippen molar-refractivity contribution in [3.63, 3.8) is 0 Å². The summed E-state index contributed by atoms with van der Waals surface area (Å²) in [4.78, 5) is 5.67. The van der Waals surface area contributed by atoms with Gasteiger partial charge in [-0.15, -0.1) is 35.3 Å². The zero-order valence-corrected chi connectivity index (χ0v) is 18.0. The molecule has 2 heterocycles. The monoisotopic (exact) mass is 467 g/mol. The fourth-order valence-corrected chi connectivity index (χ4v) is 3.30. The van der Waals surface area contributed by atoms with Crippen molar-refractivity contribution in [2.45, 2.75) is 38.2 Å². The van der Waals surface area contributed by atoms with E-state index in [1.165, 1.54) is 4.88 Å². The summed E-state index contributed by atoms with van der Waals surface area (Å²) >= 11 is 1.80.